The number of benzene rings is 9. The molecule has 0 aliphatic rings. The Hall–Kier alpha value is -7.43. The maximum absolute atomic E-state index is 6.29. The van der Waals surface area contributed by atoms with E-state index in [1.165, 1.54) is 37.9 Å². The van der Waals surface area contributed by atoms with E-state index in [1.54, 1.807) is 0 Å². The van der Waals surface area contributed by atoms with Crippen molar-refractivity contribution in [2.45, 2.75) is 0 Å². The van der Waals surface area contributed by atoms with Gasteiger partial charge in [0.1, 0.15) is 11.2 Å². The van der Waals surface area contributed by atoms with Crippen molar-refractivity contribution < 1.29 is 4.42 Å². The Morgan fingerprint density at radius 1 is 0.309 bits per heavy atom. The number of fused-ring (bicyclic) bond motifs is 7. The van der Waals surface area contributed by atoms with Crippen LogP contribution in [0, 0.1) is 0 Å². The minimum absolute atomic E-state index is 0.594. The second kappa shape index (κ2) is 12.6. The lowest BCUT2D eigenvalue weighted by Crippen LogP contribution is -2.01. The standard InChI is InChI=1S/C51H31N3O/c1-2-13-32(14-3-1)37-17-8-9-20-41(37)50-52-49(53-51(54-50)43-22-12-24-46-48(43)42-21-10-11-23-45(42)55-46)35-27-25-34(26-28-35)47-39-19-7-5-16-36(39)31-44-38-18-6-4-15-33(38)29-30-40(44)47/h1-31H. The third-order valence-corrected chi connectivity index (χ3v) is 10.7. The van der Waals surface area contributed by atoms with Gasteiger partial charge in [0.15, 0.2) is 17.5 Å². The van der Waals surface area contributed by atoms with Gasteiger partial charge in [-0.1, -0.05) is 170 Å². The molecule has 0 saturated carbocycles. The Kier molecular flexibility index (Phi) is 7.14. The highest BCUT2D eigenvalue weighted by molar-refractivity contribution is 6.20. The van der Waals surface area contributed by atoms with Gasteiger partial charge in [-0.3, -0.25) is 0 Å². The highest BCUT2D eigenvalue weighted by Gasteiger charge is 2.20. The quantitative estimate of drug-likeness (QED) is 0.132. The molecular weight excluding hydrogens is 671 g/mol. The zero-order valence-corrected chi connectivity index (χ0v) is 29.6. The number of rotatable bonds is 5. The number of aromatic nitrogens is 3. The minimum Gasteiger partial charge on any atom is -0.456 e. The van der Waals surface area contributed by atoms with Crippen molar-refractivity contribution in [3.8, 4) is 56.4 Å². The average molecular weight is 702 g/mol. The first kappa shape index (κ1) is 31.1. The summed E-state index contributed by atoms with van der Waals surface area (Å²) in [5.74, 6) is 1.81. The molecule has 0 bridgehead atoms. The van der Waals surface area contributed by atoms with Crippen LogP contribution in [0.15, 0.2) is 192 Å². The fourth-order valence-corrected chi connectivity index (χ4v) is 8.17. The molecule has 2 heterocycles. The Morgan fingerprint density at radius 3 is 1.75 bits per heavy atom. The molecule has 0 aliphatic carbocycles. The normalized spacial score (nSPS) is 11.6. The second-order valence-electron chi connectivity index (χ2n) is 13.9. The lowest BCUT2D eigenvalue weighted by molar-refractivity contribution is 0.669. The predicted molar refractivity (Wildman–Crippen MR) is 227 cm³/mol. The molecule has 0 radical (unpaired) electrons. The van der Waals surface area contributed by atoms with Gasteiger partial charge >= 0.3 is 0 Å². The molecule has 55 heavy (non-hydrogen) atoms. The van der Waals surface area contributed by atoms with Gasteiger partial charge in [0.05, 0.1) is 0 Å². The Balaban J connectivity index is 1.12. The van der Waals surface area contributed by atoms with Crippen LogP contribution in [0.4, 0.5) is 0 Å². The van der Waals surface area contributed by atoms with Gasteiger partial charge in [0, 0.05) is 27.5 Å². The number of hydrogen-bond acceptors (Lipinski definition) is 4. The molecule has 0 fully saturated rings. The zero-order chi connectivity index (χ0) is 36.3. The smallest absolute Gasteiger partial charge is 0.164 e. The fourth-order valence-electron chi connectivity index (χ4n) is 8.17. The molecule has 0 atom stereocenters. The van der Waals surface area contributed by atoms with Gasteiger partial charge < -0.3 is 4.42 Å². The molecule has 0 aliphatic heterocycles. The Bertz CT molecular complexity index is 3260. The van der Waals surface area contributed by atoms with Crippen molar-refractivity contribution in [2.24, 2.45) is 0 Å². The highest BCUT2D eigenvalue weighted by Crippen LogP contribution is 2.41. The van der Waals surface area contributed by atoms with Crippen LogP contribution in [0.5, 0.6) is 0 Å². The van der Waals surface area contributed by atoms with Crippen molar-refractivity contribution in [1.82, 2.24) is 15.0 Å². The summed E-state index contributed by atoms with van der Waals surface area (Å²) >= 11 is 0. The van der Waals surface area contributed by atoms with Crippen molar-refractivity contribution in [3.63, 3.8) is 0 Å². The Labute approximate surface area is 317 Å². The molecule has 9 aromatic carbocycles. The zero-order valence-electron chi connectivity index (χ0n) is 29.6. The Morgan fingerprint density at radius 2 is 0.909 bits per heavy atom. The summed E-state index contributed by atoms with van der Waals surface area (Å²) in [6, 6.07) is 65.8. The van der Waals surface area contributed by atoms with Gasteiger partial charge in [0.25, 0.3) is 0 Å². The molecule has 11 rings (SSSR count). The average Bonchev–Trinajstić information content (AvgIpc) is 3.65. The van der Waals surface area contributed by atoms with Gasteiger partial charge in [-0.15, -0.1) is 0 Å². The molecule has 0 saturated heterocycles. The lowest BCUT2D eigenvalue weighted by Gasteiger charge is -2.15. The molecule has 4 nitrogen and oxygen atoms in total. The maximum Gasteiger partial charge on any atom is 0.164 e. The monoisotopic (exact) mass is 701 g/mol. The topological polar surface area (TPSA) is 51.8 Å². The number of furan rings is 1. The van der Waals surface area contributed by atoms with Crippen LogP contribution >= 0.6 is 0 Å². The first-order valence-corrected chi connectivity index (χ1v) is 18.5. The van der Waals surface area contributed by atoms with Crippen LogP contribution < -0.4 is 0 Å². The van der Waals surface area contributed by atoms with E-state index in [-0.39, 0.29) is 0 Å². The van der Waals surface area contributed by atoms with Crippen LogP contribution in [0.2, 0.25) is 0 Å². The van der Waals surface area contributed by atoms with Crippen molar-refractivity contribution in [2.75, 3.05) is 0 Å². The van der Waals surface area contributed by atoms with Gasteiger partial charge in [-0.2, -0.15) is 0 Å². The first-order valence-electron chi connectivity index (χ1n) is 18.5. The fraction of sp³-hybridized carbons (Fsp3) is 0. The summed E-state index contributed by atoms with van der Waals surface area (Å²) < 4.78 is 6.29. The SMILES string of the molecule is c1ccc(-c2ccccc2-c2nc(-c3ccc(-c4c5ccccc5cc5c4ccc4ccccc45)cc3)nc(-c3cccc4oc5ccccc5c34)n2)cc1. The molecule has 4 heteroatoms. The van der Waals surface area contributed by atoms with Crippen LogP contribution in [0.1, 0.15) is 0 Å². The van der Waals surface area contributed by atoms with Crippen LogP contribution in [-0.2, 0) is 0 Å². The summed E-state index contributed by atoms with van der Waals surface area (Å²) in [6.07, 6.45) is 0. The summed E-state index contributed by atoms with van der Waals surface area (Å²) in [5, 5.41) is 9.43. The van der Waals surface area contributed by atoms with Gasteiger partial charge in [0.2, 0.25) is 0 Å². The van der Waals surface area contributed by atoms with E-state index in [9.17, 15) is 0 Å². The maximum atomic E-state index is 6.29. The largest absolute Gasteiger partial charge is 0.456 e. The van der Waals surface area contributed by atoms with E-state index in [0.29, 0.717) is 17.5 Å². The molecule has 0 amide bonds. The van der Waals surface area contributed by atoms with Crippen molar-refractivity contribution in [1.29, 1.82) is 0 Å². The summed E-state index contributed by atoms with van der Waals surface area (Å²) in [6.45, 7) is 0. The van der Waals surface area contributed by atoms with E-state index in [0.717, 1.165) is 55.3 Å². The van der Waals surface area contributed by atoms with E-state index >= 15 is 0 Å². The molecular formula is C51H31N3O. The third-order valence-electron chi connectivity index (χ3n) is 10.7. The van der Waals surface area contributed by atoms with Gasteiger partial charge in [-0.05, 0) is 72.8 Å². The van der Waals surface area contributed by atoms with Crippen LogP contribution in [0.3, 0.4) is 0 Å². The molecule has 0 unspecified atom stereocenters. The number of nitrogens with zero attached hydrogens (tertiary/aromatic N) is 3. The van der Waals surface area contributed by atoms with Crippen molar-refractivity contribution >= 4 is 54.3 Å². The van der Waals surface area contributed by atoms with E-state index in [4.69, 9.17) is 19.4 Å². The van der Waals surface area contributed by atoms with Crippen molar-refractivity contribution in [3.05, 3.63) is 188 Å². The lowest BCUT2D eigenvalue weighted by atomic mass is 9.89. The third kappa shape index (κ3) is 5.19. The second-order valence-corrected chi connectivity index (χ2v) is 13.9. The highest BCUT2D eigenvalue weighted by atomic mass is 16.3. The molecule has 11 aromatic rings. The summed E-state index contributed by atoms with van der Waals surface area (Å²) in [7, 11) is 0. The van der Waals surface area contributed by atoms with Crippen LogP contribution in [-0.4, -0.2) is 15.0 Å². The minimum atomic E-state index is 0.594. The van der Waals surface area contributed by atoms with E-state index in [1.807, 2.05) is 42.5 Å². The number of hydrogen-bond donors (Lipinski definition) is 0. The first-order chi connectivity index (χ1) is 27.3. The molecule has 256 valence electrons. The van der Waals surface area contributed by atoms with E-state index < -0.39 is 0 Å². The summed E-state index contributed by atoms with van der Waals surface area (Å²) in [4.78, 5) is 15.6. The molecule has 0 spiro atoms. The summed E-state index contributed by atoms with van der Waals surface area (Å²) in [5.41, 5.74) is 8.89. The molecule has 0 N–H and O–H groups in total. The van der Waals surface area contributed by atoms with Crippen LogP contribution in [0.25, 0.3) is 111 Å². The molecule has 2 aromatic heterocycles. The number of para-hydroxylation sites is 1. The van der Waals surface area contributed by atoms with Gasteiger partial charge in [-0.25, -0.2) is 15.0 Å². The van der Waals surface area contributed by atoms with E-state index in [2.05, 4.69) is 146 Å². The predicted octanol–water partition coefficient (Wildman–Crippen LogP) is 13.6.